The van der Waals surface area contributed by atoms with Gasteiger partial charge in [-0.25, -0.2) is 14.2 Å². The topological polar surface area (TPSA) is 52.1 Å². The first-order chi connectivity index (χ1) is 11.2. The molecule has 1 aromatic carbocycles. The van der Waals surface area contributed by atoms with Crippen molar-refractivity contribution in [3.05, 3.63) is 71.4 Å². The van der Waals surface area contributed by atoms with Crippen molar-refractivity contribution in [3.63, 3.8) is 0 Å². The highest BCUT2D eigenvalue weighted by Gasteiger charge is 2.13. The summed E-state index contributed by atoms with van der Waals surface area (Å²) in [4.78, 5) is 20.4. The fraction of sp³-hybridized carbons (Fsp3) is 0.167. The number of fused-ring (bicyclic) bond motifs is 1. The Kier molecular flexibility index (Phi) is 4.28. The molecule has 2 heterocycles. The molecule has 0 bridgehead atoms. The van der Waals surface area contributed by atoms with Gasteiger partial charge >= 0.3 is 5.97 Å². The van der Waals surface area contributed by atoms with E-state index < -0.39 is 5.97 Å². The summed E-state index contributed by atoms with van der Waals surface area (Å²) in [6, 6.07) is 9.90. The summed E-state index contributed by atoms with van der Waals surface area (Å²) in [5, 5.41) is 0.839. The lowest BCUT2D eigenvalue weighted by Gasteiger charge is -2.10. The van der Waals surface area contributed by atoms with Crippen LogP contribution >= 0.6 is 0 Å². The molecule has 23 heavy (non-hydrogen) atoms. The van der Waals surface area contributed by atoms with E-state index in [1.807, 2.05) is 13.0 Å². The minimum atomic E-state index is -0.575. The van der Waals surface area contributed by atoms with Crippen LogP contribution in [0.1, 0.15) is 28.5 Å². The molecule has 0 radical (unpaired) electrons. The van der Waals surface area contributed by atoms with Crippen molar-refractivity contribution in [1.82, 2.24) is 9.97 Å². The molecule has 0 fully saturated rings. The Hall–Kier alpha value is -2.82. The van der Waals surface area contributed by atoms with Crippen molar-refractivity contribution in [2.75, 3.05) is 0 Å². The first kappa shape index (κ1) is 15.1. The summed E-state index contributed by atoms with van der Waals surface area (Å²) < 4.78 is 19.1. The summed E-state index contributed by atoms with van der Waals surface area (Å²) in [7, 11) is 0. The van der Waals surface area contributed by atoms with Crippen LogP contribution in [-0.2, 0) is 17.8 Å². The van der Waals surface area contributed by atoms with Gasteiger partial charge in [-0.1, -0.05) is 19.1 Å². The number of carbonyl (C=O) groups is 1. The highest BCUT2D eigenvalue weighted by Crippen LogP contribution is 2.17. The van der Waals surface area contributed by atoms with E-state index in [-0.39, 0.29) is 18.1 Å². The minimum absolute atomic E-state index is 0.106. The Morgan fingerprint density at radius 2 is 2.09 bits per heavy atom. The van der Waals surface area contributed by atoms with E-state index in [1.165, 1.54) is 6.07 Å². The van der Waals surface area contributed by atoms with Gasteiger partial charge in [-0.3, -0.25) is 4.98 Å². The standard InChI is InChI=1S/C18H15FN2O2/c1-2-12-4-3-5-15(19)14(12)11-23-18(22)17-7-6-13-10-20-9-8-16(13)21-17/h3-10H,2,11H2,1H3. The van der Waals surface area contributed by atoms with Gasteiger partial charge in [0.1, 0.15) is 18.1 Å². The number of halogens is 1. The SMILES string of the molecule is CCc1cccc(F)c1COC(=O)c1ccc2cnccc2n1. The number of hydrogen-bond donors (Lipinski definition) is 0. The maximum absolute atomic E-state index is 13.9. The molecule has 5 heteroatoms. The summed E-state index contributed by atoms with van der Waals surface area (Å²) >= 11 is 0. The maximum Gasteiger partial charge on any atom is 0.357 e. The number of rotatable bonds is 4. The zero-order chi connectivity index (χ0) is 16.2. The number of benzene rings is 1. The Morgan fingerprint density at radius 1 is 1.22 bits per heavy atom. The largest absolute Gasteiger partial charge is 0.456 e. The van der Waals surface area contributed by atoms with Gasteiger partial charge in [0, 0.05) is 23.3 Å². The molecule has 116 valence electrons. The quantitative estimate of drug-likeness (QED) is 0.690. The molecule has 0 aliphatic rings. The van der Waals surface area contributed by atoms with E-state index in [0.29, 0.717) is 17.5 Å². The highest BCUT2D eigenvalue weighted by molar-refractivity contribution is 5.90. The van der Waals surface area contributed by atoms with Crippen molar-refractivity contribution in [2.45, 2.75) is 20.0 Å². The first-order valence-electron chi connectivity index (χ1n) is 7.33. The lowest BCUT2D eigenvalue weighted by Crippen LogP contribution is -2.09. The molecular weight excluding hydrogens is 295 g/mol. The van der Waals surface area contributed by atoms with Gasteiger partial charge in [-0.05, 0) is 36.2 Å². The molecule has 0 amide bonds. The van der Waals surface area contributed by atoms with Gasteiger partial charge < -0.3 is 4.74 Å². The number of ether oxygens (including phenoxy) is 1. The molecular formula is C18H15FN2O2. The van der Waals surface area contributed by atoms with Crippen LogP contribution < -0.4 is 0 Å². The molecule has 0 atom stereocenters. The Morgan fingerprint density at radius 3 is 2.91 bits per heavy atom. The van der Waals surface area contributed by atoms with Crippen LogP contribution in [-0.4, -0.2) is 15.9 Å². The van der Waals surface area contributed by atoms with Crippen molar-refractivity contribution < 1.29 is 13.9 Å². The lowest BCUT2D eigenvalue weighted by molar-refractivity contribution is 0.0461. The number of carbonyl (C=O) groups excluding carboxylic acids is 1. The monoisotopic (exact) mass is 310 g/mol. The fourth-order valence-corrected chi connectivity index (χ4v) is 2.39. The predicted octanol–water partition coefficient (Wildman–Crippen LogP) is 3.69. The van der Waals surface area contributed by atoms with Gasteiger partial charge in [0.25, 0.3) is 0 Å². The van der Waals surface area contributed by atoms with Gasteiger partial charge in [0.2, 0.25) is 0 Å². The summed E-state index contributed by atoms with van der Waals surface area (Å²) in [5.74, 6) is -0.941. The number of hydrogen-bond acceptors (Lipinski definition) is 4. The van der Waals surface area contributed by atoms with E-state index in [1.54, 1.807) is 36.7 Å². The molecule has 3 rings (SSSR count). The molecule has 3 aromatic rings. The molecule has 0 aliphatic heterocycles. The van der Waals surface area contributed by atoms with E-state index >= 15 is 0 Å². The first-order valence-corrected chi connectivity index (χ1v) is 7.33. The zero-order valence-corrected chi connectivity index (χ0v) is 12.6. The highest BCUT2D eigenvalue weighted by atomic mass is 19.1. The van der Waals surface area contributed by atoms with Gasteiger partial charge in [-0.15, -0.1) is 0 Å². The Balaban J connectivity index is 1.79. The van der Waals surface area contributed by atoms with Crippen LogP contribution in [0.5, 0.6) is 0 Å². The van der Waals surface area contributed by atoms with Crippen molar-refractivity contribution in [2.24, 2.45) is 0 Å². The molecule has 0 saturated heterocycles. The third-order valence-corrected chi connectivity index (χ3v) is 3.64. The predicted molar refractivity (Wildman–Crippen MR) is 84.4 cm³/mol. The van der Waals surface area contributed by atoms with Crippen molar-refractivity contribution >= 4 is 16.9 Å². The second kappa shape index (κ2) is 6.52. The van der Waals surface area contributed by atoms with Crippen molar-refractivity contribution in [3.8, 4) is 0 Å². The Bertz CT molecular complexity index is 865. The summed E-state index contributed by atoms with van der Waals surface area (Å²) in [6.07, 6.45) is 3.95. The maximum atomic E-state index is 13.9. The smallest absolute Gasteiger partial charge is 0.357 e. The van der Waals surface area contributed by atoms with Gasteiger partial charge in [0.15, 0.2) is 0 Å². The summed E-state index contributed by atoms with van der Waals surface area (Å²) in [6.45, 7) is 1.82. The second-order valence-electron chi connectivity index (χ2n) is 5.07. The van der Waals surface area contributed by atoms with Gasteiger partial charge in [-0.2, -0.15) is 0 Å². The van der Waals surface area contributed by atoms with Crippen LogP contribution in [0.4, 0.5) is 4.39 Å². The molecule has 2 aromatic heterocycles. The van der Waals surface area contributed by atoms with Crippen LogP contribution in [0.25, 0.3) is 10.9 Å². The van der Waals surface area contributed by atoms with E-state index in [2.05, 4.69) is 9.97 Å². The average Bonchev–Trinajstić information content (AvgIpc) is 2.59. The average molecular weight is 310 g/mol. The van der Waals surface area contributed by atoms with Crippen LogP contribution in [0.15, 0.2) is 48.8 Å². The summed E-state index contributed by atoms with van der Waals surface area (Å²) in [5.41, 5.74) is 2.09. The minimum Gasteiger partial charge on any atom is -0.456 e. The molecule has 0 aliphatic carbocycles. The van der Waals surface area contributed by atoms with E-state index in [9.17, 15) is 9.18 Å². The molecule has 4 nitrogen and oxygen atoms in total. The Labute approximate surface area is 133 Å². The van der Waals surface area contributed by atoms with Crippen LogP contribution in [0, 0.1) is 5.82 Å². The molecule has 0 unspecified atom stereocenters. The molecule has 0 N–H and O–H groups in total. The normalized spacial score (nSPS) is 10.7. The lowest BCUT2D eigenvalue weighted by atomic mass is 10.1. The van der Waals surface area contributed by atoms with Gasteiger partial charge in [0.05, 0.1) is 5.52 Å². The van der Waals surface area contributed by atoms with E-state index in [0.717, 1.165) is 10.9 Å². The fourth-order valence-electron chi connectivity index (χ4n) is 2.39. The number of pyridine rings is 2. The van der Waals surface area contributed by atoms with Crippen molar-refractivity contribution in [1.29, 1.82) is 0 Å². The number of aryl methyl sites for hydroxylation is 1. The van der Waals surface area contributed by atoms with Crippen LogP contribution in [0.2, 0.25) is 0 Å². The second-order valence-corrected chi connectivity index (χ2v) is 5.07. The van der Waals surface area contributed by atoms with Crippen LogP contribution in [0.3, 0.4) is 0 Å². The molecule has 0 saturated carbocycles. The third kappa shape index (κ3) is 3.18. The number of aromatic nitrogens is 2. The van der Waals surface area contributed by atoms with E-state index in [4.69, 9.17) is 4.74 Å². The number of nitrogens with zero attached hydrogens (tertiary/aromatic N) is 2. The third-order valence-electron chi connectivity index (χ3n) is 3.64. The number of esters is 1. The zero-order valence-electron chi connectivity index (χ0n) is 12.6. The molecule has 0 spiro atoms.